The summed E-state index contributed by atoms with van der Waals surface area (Å²) in [6, 6.07) is 9.96. The second-order valence-electron chi connectivity index (χ2n) is 6.04. The molecule has 0 saturated carbocycles. The van der Waals surface area contributed by atoms with Gasteiger partial charge in [0.15, 0.2) is 0 Å². The molecule has 2 N–H and O–H groups in total. The number of halogens is 4. The average molecular weight is 419 g/mol. The highest BCUT2D eigenvalue weighted by Gasteiger charge is 2.46. The highest BCUT2D eigenvalue weighted by atomic mass is 35.5. The maximum absolute atomic E-state index is 12.4. The fourth-order valence-electron chi connectivity index (χ4n) is 2.88. The molecule has 1 aliphatic carbocycles. The summed E-state index contributed by atoms with van der Waals surface area (Å²) in [5.41, 5.74) is -3.47. The van der Waals surface area contributed by atoms with Crippen molar-refractivity contribution in [3.8, 4) is 0 Å². The maximum atomic E-state index is 12.4. The zero-order valence-electron chi connectivity index (χ0n) is 13.7. The van der Waals surface area contributed by atoms with E-state index in [1.54, 1.807) is 6.07 Å². The second kappa shape index (κ2) is 7.05. The minimum atomic E-state index is -5.50. The maximum Gasteiger partial charge on any atom is 0.516 e. The van der Waals surface area contributed by atoms with Crippen LogP contribution in [0.25, 0.3) is 0 Å². The molecule has 10 heteroatoms. The molecule has 0 unspecified atom stereocenters. The Morgan fingerprint density at radius 2 is 1.78 bits per heavy atom. The Kier molecular flexibility index (Phi) is 5.09. The van der Waals surface area contributed by atoms with Gasteiger partial charge in [-0.25, -0.2) is 0 Å². The summed E-state index contributed by atoms with van der Waals surface area (Å²) >= 11 is 5.95. The van der Waals surface area contributed by atoms with Crippen LogP contribution in [0.5, 0.6) is 0 Å². The lowest BCUT2D eigenvalue weighted by Gasteiger charge is -2.15. The van der Waals surface area contributed by atoms with Crippen LogP contribution in [-0.4, -0.2) is 19.8 Å². The molecule has 0 aliphatic heterocycles. The lowest BCUT2D eigenvalue weighted by atomic mass is 10.1. The Bertz CT molecular complexity index is 976. The van der Waals surface area contributed by atoms with Crippen LogP contribution < -0.4 is 10.0 Å². The first-order valence-corrected chi connectivity index (χ1v) is 9.71. The highest BCUT2D eigenvalue weighted by molar-refractivity contribution is 7.93. The normalized spacial score (nSPS) is 16.7. The number of hydrogen-bond donors (Lipinski definition) is 2. The summed E-state index contributed by atoms with van der Waals surface area (Å²) in [6.45, 7) is 0. The molecule has 2 aromatic rings. The van der Waals surface area contributed by atoms with Gasteiger partial charge in [-0.3, -0.25) is 9.52 Å². The number of hydrogen-bond acceptors (Lipinski definition) is 3. The first-order valence-electron chi connectivity index (χ1n) is 7.85. The number of benzene rings is 2. The predicted molar refractivity (Wildman–Crippen MR) is 95.0 cm³/mol. The molecule has 5 nitrogen and oxygen atoms in total. The zero-order valence-corrected chi connectivity index (χ0v) is 15.3. The van der Waals surface area contributed by atoms with Gasteiger partial charge in [0.1, 0.15) is 0 Å². The van der Waals surface area contributed by atoms with Crippen LogP contribution >= 0.6 is 11.6 Å². The first kappa shape index (κ1) is 19.5. The van der Waals surface area contributed by atoms with Crippen LogP contribution in [0.4, 0.5) is 18.9 Å². The van der Waals surface area contributed by atoms with E-state index in [9.17, 15) is 26.4 Å². The number of sulfonamides is 1. The van der Waals surface area contributed by atoms with Gasteiger partial charge in [0, 0.05) is 16.3 Å². The van der Waals surface area contributed by atoms with Crippen molar-refractivity contribution in [2.75, 3.05) is 4.72 Å². The lowest BCUT2D eigenvalue weighted by Crippen LogP contribution is -2.30. The largest absolute Gasteiger partial charge is 0.516 e. The molecule has 0 heterocycles. The van der Waals surface area contributed by atoms with Crippen LogP contribution in [0.3, 0.4) is 0 Å². The molecule has 0 fully saturated rings. The molecule has 0 aromatic heterocycles. The standard InChI is InChI=1S/C17H14ClF3N2O3S/c18-12-4-7-14-11(9-12)3-8-15(14)22-16(24)10-1-5-13(6-2-10)23-27(25,26)17(19,20)21/h1-2,4-7,9,15,23H,3,8H2,(H,22,24)/t15-/m0/s1. The van der Waals surface area contributed by atoms with E-state index < -0.39 is 21.4 Å². The number of anilines is 1. The van der Waals surface area contributed by atoms with Crippen molar-refractivity contribution >= 4 is 33.2 Å². The van der Waals surface area contributed by atoms with E-state index in [0.29, 0.717) is 11.4 Å². The van der Waals surface area contributed by atoms with E-state index >= 15 is 0 Å². The topological polar surface area (TPSA) is 75.3 Å². The Labute approximate surface area is 158 Å². The van der Waals surface area contributed by atoms with Crippen molar-refractivity contribution in [3.05, 3.63) is 64.2 Å². The third-order valence-electron chi connectivity index (χ3n) is 4.19. The Balaban J connectivity index is 1.69. The van der Waals surface area contributed by atoms with Crippen LogP contribution in [0, 0.1) is 0 Å². The molecular weight excluding hydrogens is 405 g/mol. The van der Waals surface area contributed by atoms with Gasteiger partial charge in [-0.2, -0.15) is 21.6 Å². The monoisotopic (exact) mass is 418 g/mol. The molecule has 2 aromatic carbocycles. The summed E-state index contributed by atoms with van der Waals surface area (Å²) in [5, 5.41) is 3.48. The van der Waals surface area contributed by atoms with E-state index in [0.717, 1.165) is 29.7 Å². The van der Waals surface area contributed by atoms with Crippen LogP contribution in [0.1, 0.15) is 33.9 Å². The number of carbonyl (C=O) groups excluding carboxylic acids is 1. The Hall–Kier alpha value is -2.26. The van der Waals surface area contributed by atoms with Gasteiger partial charge in [-0.15, -0.1) is 0 Å². The molecule has 0 spiro atoms. The molecule has 144 valence electrons. The van der Waals surface area contributed by atoms with Crippen molar-refractivity contribution in [1.82, 2.24) is 5.32 Å². The van der Waals surface area contributed by atoms with E-state index in [2.05, 4.69) is 5.32 Å². The molecule has 1 amide bonds. The molecule has 1 atom stereocenters. The lowest BCUT2D eigenvalue weighted by molar-refractivity contribution is -0.0429. The first-order chi connectivity index (χ1) is 12.6. The smallest absolute Gasteiger partial charge is 0.345 e. The van der Waals surface area contributed by atoms with Crippen molar-refractivity contribution < 1.29 is 26.4 Å². The average Bonchev–Trinajstić information content (AvgIpc) is 2.96. The van der Waals surface area contributed by atoms with Crippen molar-refractivity contribution in [3.63, 3.8) is 0 Å². The summed E-state index contributed by atoms with van der Waals surface area (Å²) < 4.78 is 60.7. The number of fused-ring (bicyclic) bond motifs is 1. The molecular formula is C17H14ClF3N2O3S. The summed E-state index contributed by atoms with van der Waals surface area (Å²) in [5.74, 6) is -0.409. The number of alkyl halides is 3. The van der Waals surface area contributed by atoms with Gasteiger partial charge in [-0.1, -0.05) is 17.7 Å². The third-order valence-corrected chi connectivity index (χ3v) is 5.54. The molecule has 0 radical (unpaired) electrons. The SMILES string of the molecule is O=C(N[C@H]1CCc2cc(Cl)ccc21)c1ccc(NS(=O)(=O)C(F)(F)F)cc1. The van der Waals surface area contributed by atoms with Gasteiger partial charge in [0.05, 0.1) is 6.04 Å². The minimum Gasteiger partial charge on any atom is -0.345 e. The Morgan fingerprint density at radius 1 is 1.11 bits per heavy atom. The predicted octanol–water partition coefficient (Wildman–Crippen LogP) is 4.02. The second-order valence-corrected chi connectivity index (χ2v) is 8.15. The summed E-state index contributed by atoms with van der Waals surface area (Å²) in [4.78, 5) is 12.4. The zero-order chi connectivity index (χ0) is 19.8. The molecule has 1 aliphatic rings. The van der Waals surface area contributed by atoms with Crippen molar-refractivity contribution in [1.29, 1.82) is 0 Å². The third kappa shape index (κ3) is 4.19. The van der Waals surface area contributed by atoms with E-state index in [1.165, 1.54) is 16.9 Å². The van der Waals surface area contributed by atoms with Gasteiger partial charge < -0.3 is 5.32 Å². The van der Waals surface area contributed by atoms with Gasteiger partial charge in [0.2, 0.25) is 0 Å². The Morgan fingerprint density at radius 3 is 2.41 bits per heavy atom. The van der Waals surface area contributed by atoms with Crippen LogP contribution in [-0.2, 0) is 16.4 Å². The molecule has 0 saturated heterocycles. The van der Waals surface area contributed by atoms with E-state index in [4.69, 9.17) is 11.6 Å². The van der Waals surface area contributed by atoms with Crippen molar-refractivity contribution in [2.24, 2.45) is 0 Å². The quantitative estimate of drug-likeness (QED) is 0.787. The summed E-state index contributed by atoms with van der Waals surface area (Å²) in [7, 11) is -5.50. The number of rotatable bonds is 4. The number of aryl methyl sites for hydroxylation is 1. The van der Waals surface area contributed by atoms with Crippen LogP contribution in [0.2, 0.25) is 5.02 Å². The minimum absolute atomic E-state index is 0.187. The number of carbonyl (C=O) groups is 1. The highest BCUT2D eigenvalue weighted by Crippen LogP contribution is 2.33. The number of nitrogens with one attached hydrogen (secondary N) is 2. The molecule has 0 bridgehead atoms. The van der Waals surface area contributed by atoms with Crippen molar-refractivity contribution in [2.45, 2.75) is 24.4 Å². The van der Waals surface area contributed by atoms with Gasteiger partial charge in [-0.05, 0) is 60.4 Å². The fourth-order valence-corrected chi connectivity index (χ4v) is 3.64. The molecule has 3 rings (SSSR count). The number of amides is 1. The summed E-state index contributed by atoms with van der Waals surface area (Å²) in [6.07, 6.45) is 1.49. The van der Waals surface area contributed by atoms with Crippen LogP contribution in [0.15, 0.2) is 42.5 Å². The van der Waals surface area contributed by atoms with Gasteiger partial charge in [0.25, 0.3) is 5.91 Å². The molecule has 27 heavy (non-hydrogen) atoms. The van der Waals surface area contributed by atoms with E-state index in [-0.39, 0.29) is 17.3 Å². The fraction of sp³-hybridized carbons (Fsp3) is 0.235. The van der Waals surface area contributed by atoms with Gasteiger partial charge >= 0.3 is 15.5 Å². The van der Waals surface area contributed by atoms with E-state index in [1.807, 2.05) is 12.1 Å².